The Morgan fingerprint density at radius 2 is 1.76 bits per heavy atom. The van der Waals surface area contributed by atoms with E-state index in [1.807, 2.05) is 0 Å². The lowest BCUT2D eigenvalue weighted by Crippen LogP contribution is -2.41. The maximum absolute atomic E-state index is 12.8. The first-order valence-corrected chi connectivity index (χ1v) is 10.9. The highest BCUT2D eigenvalue weighted by atomic mass is 127. The predicted octanol–water partition coefficient (Wildman–Crippen LogP) is 3.07. The Kier molecular flexibility index (Phi) is 9.13. The molecule has 1 aliphatic carbocycles. The number of rotatable bonds is 10. The Morgan fingerprint density at radius 1 is 1.08 bits per heavy atom. The molecule has 1 saturated carbocycles. The summed E-state index contributed by atoms with van der Waals surface area (Å²) in [5.74, 6) is 1.26. The molecule has 1 aliphatic heterocycles. The molecule has 0 unspecified atom stereocenters. The zero-order chi connectivity index (χ0) is 18.1. The Balaban J connectivity index is 1.70. The third-order valence-electron chi connectivity index (χ3n) is 5.91. The van der Waals surface area contributed by atoms with Crippen LogP contribution >= 0.6 is 22.9 Å². The summed E-state index contributed by atoms with van der Waals surface area (Å²) in [6, 6.07) is 0. The molecule has 1 saturated heterocycles. The number of piperidine rings is 1. The van der Waals surface area contributed by atoms with Crippen LogP contribution in [-0.4, -0.2) is 49.3 Å². The van der Waals surface area contributed by atoms with E-state index < -0.39 is 0 Å². The van der Waals surface area contributed by atoms with Crippen molar-refractivity contribution >= 4 is 34.6 Å². The van der Waals surface area contributed by atoms with Gasteiger partial charge in [-0.25, -0.2) is 0 Å². The van der Waals surface area contributed by atoms with Crippen LogP contribution in [0.4, 0.5) is 0 Å². The molecule has 1 amide bonds. The molecule has 6 heteroatoms. The van der Waals surface area contributed by atoms with Gasteiger partial charge in [0.1, 0.15) is 5.78 Å². The summed E-state index contributed by atoms with van der Waals surface area (Å²) < 4.78 is 3.11. The number of nitrogens with one attached hydrogen (secondary N) is 2. The Morgan fingerprint density at radius 3 is 2.36 bits per heavy atom. The molecule has 0 aromatic rings. The summed E-state index contributed by atoms with van der Waals surface area (Å²) in [6.45, 7) is 6.54. The first-order chi connectivity index (χ1) is 12.0. The fourth-order valence-electron chi connectivity index (χ4n) is 4.54. The van der Waals surface area contributed by atoms with Crippen molar-refractivity contribution in [1.29, 1.82) is 0 Å². The molecular formula is C19H34IN3O2. The van der Waals surface area contributed by atoms with E-state index in [1.54, 1.807) is 6.92 Å². The number of ketones is 1. The largest absolute Gasteiger partial charge is 0.343 e. The molecule has 144 valence electrons. The zero-order valence-corrected chi connectivity index (χ0v) is 17.8. The third-order valence-corrected chi connectivity index (χ3v) is 6.45. The minimum Gasteiger partial charge on any atom is -0.343 e. The van der Waals surface area contributed by atoms with Crippen molar-refractivity contribution in [3.8, 4) is 0 Å². The van der Waals surface area contributed by atoms with E-state index in [4.69, 9.17) is 0 Å². The maximum atomic E-state index is 12.8. The van der Waals surface area contributed by atoms with Gasteiger partial charge in [-0.2, -0.15) is 0 Å². The standard InChI is InChI=1S/C19H34IN3O2/c1-16(24)14-19(7-2-3-8-19)15-18(25)23-12-5-17(6-13-23)4-9-21-10-11-22-20/h17,21-22H,2-15H2,1H3. The van der Waals surface area contributed by atoms with Crippen LogP contribution in [0.5, 0.6) is 0 Å². The molecule has 2 rings (SSSR count). The Bertz CT molecular complexity index is 430. The number of carbonyl (C=O) groups excluding carboxylic acids is 2. The van der Waals surface area contributed by atoms with Crippen LogP contribution < -0.4 is 8.85 Å². The highest BCUT2D eigenvalue weighted by molar-refractivity contribution is 14.1. The number of hydrogen-bond acceptors (Lipinski definition) is 4. The second kappa shape index (κ2) is 10.8. The average molecular weight is 463 g/mol. The lowest BCUT2D eigenvalue weighted by atomic mass is 9.77. The zero-order valence-electron chi connectivity index (χ0n) is 15.6. The van der Waals surface area contributed by atoms with Crippen molar-refractivity contribution < 1.29 is 9.59 Å². The van der Waals surface area contributed by atoms with Crippen molar-refractivity contribution in [2.75, 3.05) is 32.7 Å². The molecule has 0 spiro atoms. The number of Topliss-reactive ketones (excluding diaryl/α,β-unsaturated/α-hetero) is 1. The van der Waals surface area contributed by atoms with E-state index in [1.165, 1.54) is 19.3 Å². The van der Waals surface area contributed by atoms with Crippen LogP contribution in [0.25, 0.3) is 0 Å². The van der Waals surface area contributed by atoms with E-state index >= 15 is 0 Å². The lowest BCUT2D eigenvalue weighted by Gasteiger charge is -2.35. The van der Waals surface area contributed by atoms with E-state index in [0.717, 1.165) is 64.3 Å². The van der Waals surface area contributed by atoms with Crippen molar-refractivity contribution in [2.24, 2.45) is 11.3 Å². The maximum Gasteiger partial charge on any atom is 0.223 e. The summed E-state index contributed by atoms with van der Waals surface area (Å²) in [4.78, 5) is 26.5. The Labute approximate surface area is 166 Å². The number of halogens is 1. The van der Waals surface area contributed by atoms with Crippen molar-refractivity contribution in [3.63, 3.8) is 0 Å². The summed E-state index contributed by atoms with van der Waals surface area (Å²) in [5, 5.41) is 3.46. The highest BCUT2D eigenvalue weighted by Crippen LogP contribution is 2.44. The average Bonchev–Trinajstić information content (AvgIpc) is 3.02. The molecule has 2 N–H and O–H groups in total. The van der Waals surface area contributed by atoms with Crippen LogP contribution in [-0.2, 0) is 9.59 Å². The van der Waals surface area contributed by atoms with Gasteiger partial charge in [-0.1, -0.05) is 12.8 Å². The lowest BCUT2D eigenvalue weighted by molar-refractivity contribution is -0.135. The minimum absolute atomic E-state index is 0.0314. The minimum atomic E-state index is -0.0314. The fraction of sp³-hybridized carbons (Fsp3) is 0.895. The van der Waals surface area contributed by atoms with Gasteiger partial charge in [0.25, 0.3) is 0 Å². The summed E-state index contributed by atoms with van der Waals surface area (Å²) in [6.07, 6.45) is 9.06. The molecule has 0 radical (unpaired) electrons. The van der Waals surface area contributed by atoms with Gasteiger partial charge in [0.15, 0.2) is 0 Å². The van der Waals surface area contributed by atoms with E-state index in [9.17, 15) is 9.59 Å². The number of hydrogen-bond donors (Lipinski definition) is 2. The van der Waals surface area contributed by atoms with Gasteiger partial charge in [0.05, 0.1) is 0 Å². The normalized spacial score (nSPS) is 20.8. The van der Waals surface area contributed by atoms with Crippen LogP contribution in [0.3, 0.4) is 0 Å². The van der Waals surface area contributed by atoms with Crippen LogP contribution in [0.2, 0.25) is 0 Å². The Hall–Kier alpha value is -0.210. The second-order valence-corrected chi connectivity index (χ2v) is 8.77. The molecular weight excluding hydrogens is 429 g/mol. The van der Waals surface area contributed by atoms with E-state index in [2.05, 4.69) is 36.6 Å². The van der Waals surface area contributed by atoms with Gasteiger partial charge < -0.3 is 15.0 Å². The molecule has 0 atom stereocenters. The molecule has 0 aromatic heterocycles. The first kappa shape index (κ1) is 21.1. The SMILES string of the molecule is CC(=O)CC1(CC(=O)N2CCC(CCNCCNI)CC2)CCCC1. The van der Waals surface area contributed by atoms with E-state index in [-0.39, 0.29) is 17.1 Å². The highest BCUT2D eigenvalue weighted by Gasteiger charge is 2.38. The van der Waals surface area contributed by atoms with Crippen molar-refractivity contribution in [3.05, 3.63) is 0 Å². The number of likely N-dealkylation sites (tertiary alicyclic amines) is 1. The molecule has 5 nitrogen and oxygen atoms in total. The molecule has 25 heavy (non-hydrogen) atoms. The van der Waals surface area contributed by atoms with Gasteiger partial charge in [0, 0.05) is 61.9 Å². The quantitative estimate of drug-likeness (QED) is 0.297. The topological polar surface area (TPSA) is 61.4 Å². The van der Waals surface area contributed by atoms with Gasteiger partial charge in [-0.05, 0) is 56.9 Å². The summed E-state index contributed by atoms with van der Waals surface area (Å²) >= 11 is 2.17. The summed E-state index contributed by atoms with van der Waals surface area (Å²) in [5.41, 5.74) is -0.0314. The predicted molar refractivity (Wildman–Crippen MR) is 110 cm³/mol. The smallest absolute Gasteiger partial charge is 0.223 e. The van der Waals surface area contributed by atoms with Crippen LogP contribution in [0.15, 0.2) is 0 Å². The molecule has 0 bridgehead atoms. The molecule has 2 fully saturated rings. The third kappa shape index (κ3) is 7.13. The monoisotopic (exact) mass is 463 g/mol. The van der Waals surface area contributed by atoms with Gasteiger partial charge >= 0.3 is 0 Å². The number of amides is 1. The van der Waals surface area contributed by atoms with Crippen molar-refractivity contribution in [2.45, 2.75) is 64.7 Å². The summed E-state index contributed by atoms with van der Waals surface area (Å²) in [7, 11) is 0. The molecule has 1 heterocycles. The van der Waals surface area contributed by atoms with Crippen LogP contribution in [0.1, 0.15) is 64.7 Å². The fourth-order valence-corrected chi connectivity index (χ4v) is 4.81. The molecule has 0 aromatic carbocycles. The first-order valence-electron chi connectivity index (χ1n) is 9.86. The van der Waals surface area contributed by atoms with Gasteiger partial charge in [0.2, 0.25) is 5.91 Å². The molecule has 2 aliphatic rings. The van der Waals surface area contributed by atoms with E-state index in [0.29, 0.717) is 12.8 Å². The second-order valence-electron chi connectivity index (χ2n) is 8.01. The van der Waals surface area contributed by atoms with Gasteiger partial charge in [-0.3, -0.25) is 8.32 Å². The van der Waals surface area contributed by atoms with Gasteiger partial charge in [-0.15, -0.1) is 0 Å². The number of carbonyl (C=O) groups is 2. The van der Waals surface area contributed by atoms with Crippen molar-refractivity contribution in [1.82, 2.24) is 13.7 Å². The number of nitrogens with zero attached hydrogens (tertiary/aromatic N) is 1. The van der Waals surface area contributed by atoms with Crippen LogP contribution in [0, 0.1) is 11.3 Å².